The van der Waals surface area contributed by atoms with Crippen LogP contribution in [0, 0.1) is 0 Å². The van der Waals surface area contributed by atoms with E-state index in [9.17, 15) is 4.79 Å². The Morgan fingerprint density at radius 1 is 1.53 bits per heavy atom. The summed E-state index contributed by atoms with van der Waals surface area (Å²) in [5.41, 5.74) is 6.14. The number of carbonyl (C=O) groups is 1. The maximum atomic E-state index is 11.9. The van der Waals surface area contributed by atoms with E-state index in [1.807, 2.05) is 12.1 Å². The van der Waals surface area contributed by atoms with Crippen LogP contribution in [0.4, 0.5) is 0 Å². The number of ketones is 1. The van der Waals surface area contributed by atoms with Crippen LogP contribution in [0.2, 0.25) is 0 Å². The number of nitrogens with two attached hydrogens (primary N) is 1. The second kappa shape index (κ2) is 4.08. The molecule has 4 heteroatoms. The molecule has 0 amide bonds. The topological polar surface area (TPSA) is 65.2 Å². The molecule has 2 N–H and O–H groups in total. The maximum absolute atomic E-state index is 11.9. The number of Topliss-reactive ketones (excluding diaryl/α,β-unsaturated/α-hetero) is 1. The molecule has 1 aromatic rings. The summed E-state index contributed by atoms with van der Waals surface area (Å²) in [7, 11) is 0. The second-order valence-electron chi connectivity index (χ2n) is 3.91. The Morgan fingerprint density at radius 3 is 2.87 bits per heavy atom. The average Bonchev–Trinajstić information content (AvgIpc) is 2.68. The second-order valence-corrected chi connectivity index (χ2v) is 3.91. The first-order chi connectivity index (χ1) is 7.21. The van der Waals surface area contributed by atoms with E-state index in [-0.39, 0.29) is 5.78 Å². The van der Waals surface area contributed by atoms with E-state index in [4.69, 9.17) is 10.5 Å². The lowest BCUT2D eigenvalue weighted by atomic mass is 9.90. The first kappa shape index (κ1) is 10.3. The average molecular weight is 206 g/mol. The van der Waals surface area contributed by atoms with Crippen LogP contribution in [0.25, 0.3) is 0 Å². The first-order valence-electron chi connectivity index (χ1n) is 4.99. The van der Waals surface area contributed by atoms with Gasteiger partial charge in [0, 0.05) is 25.4 Å². The van der Waals surface area contributed by atoms with Crippen LogP contribution < -0.4 is 5.73 Å². The minimum Gasteiger partial charge on any atom is -0.379 e. The van der Waals surface area contributed by atoms with Gasteiger partial charge in [0.1, 0.15) is 5.54 Å². The monoisotopic (exact) mass is 206 g/mol. The van der Waals surface area contributed by atoms with Gasteiger partial charge in [0.15, 0.2) is 5.78 Å². The molecule has 80 valence electrons. The van der Waals surface area contributed by atoms with Crippen molar-refractivity contribution in [1.29, 1.82) is 0 Å². The smallest absolute Gasteiger partial charge is 0.159 e. The van der Waals surface area contributed by atoms with Gasteiger partial charge in [0.2, 0.25) is 0 Å². The zero-order valence-electron chi connectivity index (χ0n) is 8.48. The highest BCUT2D eigenvalue weighted by atomic mass is 16.5. The lowest BCUT2D eigenvalue weighted by molar-refractivity contribution is -0.123. The Kier molecular flexibility index (Phi) is 2.79. The van der Waals surface area contributed by atoms with E-state index in [1.54, 1.807) is 12.4 Å². The van der Waals surface area contributed by atoms with Crippen LogP contribution in [-0.4, -0.2) is 29.5 Å². The molecule has 1 aliphatic heterocycles. The summed E-state index contributed by atoms with van der Waals surface area (Å²) in [6, 6.07) is 3.66. The molecule has 0 spiro atoms. The Hall–Kier alpha value is -1.26. The van der Waals surface area contributed by atoms with Crippen molar-refractivity contribution in [3.05, 3.63) is 30.1 Å². The summed E-state index contributed by atoms with van der Waals surface area (Å²) in [5, 5.41) is 0. The minimum atomic E-state index is -0.775. The molecule has 2 rings (SSSR count). The van der Waals surface area contributed by atoms with Crippen LogP contribution >= 0.6 is 0 Å². The molecule has 2 heterocycles. The molecule has 15 heavy (non-hydrogen) atoms. The van der Waals surface area contributed by atoms with Crippen molar-refractivity contribution in [3.63, 3.8) is 0 Å². The van der Waals surface area contributed by atoms with E-state index >= 15 is 0 Å². The molecule has 1 fully saturated rings. The summed E-state index contributed by atoms with van der Waals surface area (Å²) in [6.07, 6.45) is 4.34. The normalized spacial score (nSPS) is 25.4. The van der Waals surface area contributed by atoms with E-state index in [1.165, 1.54) is 0 Å². The summed E-state index contributed by atoms with van der Waals surface area (Å²) in [4.78, 5) is 15.8. The number of hydrogen-bond donors (Lipinski definition) is 1. The van der Waals surface area contributed by atoms with Gasteiger partial charge in [-0.3, -0.25) is 9.78 Å². The number of nitrogens with zero attached hydrogens (tertiary/aromatic N) is 1. The number of carbonyl (C=O) groups excluding carboxylic acids is 1. The summed E-state index contributed by atoms with van der Waals surface area (Å²) >= 11 is 0. The SMILES string of the molecule is NC1(C(=O)Cc2ccncc2)CCOC1. The molecule has 1 atom stereocenters. The highest BCUT2D eigenvalue weighted by molar-refractivity contribution is 5.90. The van der Waals surface area contributed by atoms with Gasteiger partial charge in [-0.2, -0.15) is 0 Å². The molecule has 0 aliphatic carbocycles. The molecular weight excluding hydrogens is 192 g/mol. The van der Waals surface area contributed by atoms with Crippen molar-refractivity contribution < 1.29 is 9.53 Å². The van der Waals surface area contributed by atoms with Gasteiger partial charge in [0.25, 0.3) is 0 Å². The summed E-state index contributed by atoms with van der Waals surface area (Å²) < 4.78 is 5.16. The molecule has 1 unspecified atom stereocenters. The first-order valence-corrected chi connectivity index (χ1v) is 4.99. The Bertz CT molecular complexity index is 345. The molecule has 0 bridgehead atoms. The maximum Gasteiger partial charge on any atom is 0.159 e. The summed E-state index contributed by atoms with van der Waals surface area (Å²) in [6.45, 7) is 0.926. The van der Waals surface area contributed by atoms with Crippen molar-refractivity contribution in [2.45, 2.75) is 18.4 Å². The minimum absolute atomic E-state index is 0.0474. The van der Waals surface area contributed by atoms with Crippen molar-refractivity contribution in [2.75, 3.05) is 13.2 Å². The predicted octanol–water partition coefficient (Wildman–Crippen LogP) is 0.311. The lowest BCUT2D eigenvalue weighted by Crippen LogP contribution is -2.49. The number of hydrogen-bond acceptors (Lipinski definition) is 4. The largest absolute Gasteiger partial charge is 0.379 e. The molecule has 0 saturated carbocycles. The van der Waals surface area contributed by atoms with Crippen LogP contribution in [0.1, 0.15) is 12.0 Å². The fraction of sp³-hybridized carbons (Fsp3) is 0.455. The third-order valence-corrected chi connectivity index (χ3v) is 2.72. The van der Waals surface area contributed by atoms with Gasteiger partial charge in [-0.15, -0.1) is 0 Å². The highest BCUT2D eigenvalue weighted by Gasteiger charge is 2.37. The fourth-order valence-corrected chi connectivity index (χ4v) is 1.66. The third kappa shape index (κ3) is 2.22. The molecule has 0 radical (unpaired) electrons. The van der Waals surface area contributed by atoms with Crippen molar-refractivity contribution in [1.82, 2.24) is 4.98 Å². The van der Waals surface area contributed by atoms with Crippen molar-refractivity contribution in [2.24, 2.45) is 5.73 Å². The Balaban J connectivity index is 2.04. The number of aromatic nitrogens is 1. The molecule has 1 aromatic heterocycles. The van der Waals surface area contributed by atoms with Gasteiger partial charge in [-0.1, -0.05) is 0 Å². The van der Waals surface area contributed by atoms with Crippen LogP contribution in [-0.2, 0) is 16.0 Å². The quantitative estimate of drug-likeness (QED) is 0.773. The zero-order chi connectivity index (χ0) is 10.7. The molecule has 1 aliphatic rings. The number of ether oxygens (including phenoxy) is 1. The lowest BCUT2D eigenvalue weighted by Gasteiger charge is -2.19. The number of pyridine rings is 1. The molecule has 0 aromatic carbocycles. The predicted molar refractivity (Wildman–Crippen MR) is 55.3 cm³/mol. The number of rotatable bonds is 3. The van der Waals surface area contributed by atoms with Gasteiger partial charge in [-0.25, -0.2) is 0 Å². The van der Waals surface area contributed by atoms with Gasteiger partial charge >= 0.3 is 0 Å². The van der Waals surface area contributed by atoms with E-state index in [2.05, 4.69) is 4.98 Å². The standard InChI is InChI=1S/C11H14N2O2/c12-11(3-6-15-8-11)10(14)7-9-1-4-13-5-2-9/h1-2,4-5H,3,6-8,12H2. The zero-order valence-corrected chi connectivity index (χ0v) is 8.48. The van der Waals surface area contributed by atoms with Gasteiger partial charge in [0.05, 0.1) is 6.61 Å². The third-order valence-electron chi connectivity index (χ3n) is 2.72. The Morgan fingerprint density at radius 2 is 2.27 bits per heavy atom. The van der Waals surface area contributed by atoms with Gasteiger partial charge in [-0.05, 0) is 24.1 Å². The molecule has 1 saturated heterocycles. The van der Waals surface area contributed by atoms with Crippen LogP contribution in [0.15, 0.2) is 24.5 Å². The van der Waals surface area contributed by atoms with E-state index < -0.39 is 5.54 Å². The van der Waals surface area contributed by atoms with E-state index in [0.717, 1.165) is 5.56 Å². The molecular formula is C11H14N2O2. The highest BCUT2D eigenvalue weighted by Crippen LogP contribution is 2.18. The van der Waals surface area contributed by atoms with Crippen LogP contribution in [0.5, 0.6) is 0 Å². The fourth-order valence-electron chi connectivity index (χ4n) is 1.66. The Labute approximate surface area is 88.4 Å². The van der Waals surface area contributed by atoms with Crippen molar-refractivity contribution >= 4 is 5.78 Å². The van der Waals surface area contributed by atoms with Crippen LogP contribution in [0.3, 0.4) is 0 Å². The van der Waals surface area contributed by atoms with E-state index in [0.29, 0.717) is 26.1 Å². The summed E-state index contributed by atoms with van der Waals surface area (Å²) in [5.74, 6) is 0.0474. The molecule has 4 nitrogen and oxygen atoms in total. The van der Waals surface area contributed by atoms with Gasteiger partial charge < -0.3 is 10.5 Å². The van der Waals surface area contributed by atoms with Crippen molar-refractivity contribution in [3.8, 4) is 0 Å².